The molecule has 1 aromatic heterocycles. The second-order valence-electron chi connectivity index (χ2n) is 7.22. The van der Waals surface area contributed by atoms with Crippen LogP contribution < -0.4 is 16.0 Å². The van der Waals surface area contributed by atoms with Gasteiger partial charge in [-0.3, -0.25) is 9.59 Å². The molecule has 2 amide bonds. The Hall–Kier alpha value is -2.21. The number of hydrogen-bond donors (Lipinski definition) is 3. The summed E-state index contributed by atoms with van der Waals surface area (Å²) in [7, 11) is 0. The molecule has 32 heavy (non-hydrogen) atoms. The summed E-state index contributed by atoms with van der Waals surface area (Å²) < 4.78 is 0. The van der Waals surface area contributed by atoms with Crippen molar-refractivity contribution in [3.8, 4) is 0 Å². The summed E-state index contributed by atoms with van der Waals surface area (Å²) in [4.78, 5) is 36.0. The molecule has 0 aliphatic carbocycles. The quantitative estimate of drug-likeness (QED) is 0.257. The Morgan fingerprint density at radius 1 is 1.25 bits per heavy atom. The number of thiazole rings is 1. The number of halogens is 1. The van der Waals surface area contributed by atoms with Gasteiger partial charge in [0.25, 0.3) is 5.91 Å². The Morgan fingerprint density at radius 2 is 2.03 bits per heavy atom. The minimum atomic E-state index is -0.117. The lowest BCUT2D eigenvalue weighted by molar-refractivity contribution is -0.123. The minimum Gasteiger partial charge on any atom is -0.357 e. The largest absolute Gasteiger partial charge is 0.357 e. The number of carbonyl (C=O) groups excluding carboxylic acids is 2. The summed E-state index contributed by atoms with van der Waals surface area (Å²) in [5.41, 5.74) is 1.60. The minimum absolute atomic E-state index is 0. The first kappa shape index (κ1) is 26.0. The van der Waals surface area contributed by atoms with Crippen LogP contribution in [0.2, 0.25) is 0 Å². The second kappa shape index (κ2) is 13.4. The van der Waals surface area contributed by atoms with Gasteiger partial charge in [0.1, 0.15) is 0 Å². The summed E-state index contributed by atoms with van der Waals surface area (Å²) in [6.45, 7) is 7.37. The molecule has 3 N–H and O–H groups in total. The van der Waals surface area contributed by atoms with E-state index in [-0.39, 0.29) is 42.3 Å². The standard InChI is InChI=1S/C22H30N6O2S.HI/c1-3-18-14-26-20(31-18)9-10-25-22(23-4-2)27-13-16-5-7-17(8-6-16)21(30)28-12-11-24-19(29)15-28;/h5-8,14H,3-4,9-13,15H2,1-2H3,(H,24,29)(H2,23,25,27);1H. The van der Waals surface area contributed by atoms with Gasteiger partial charge in [-0.2, -0.15) is 0 Å². The number of rotatable bonds is 8. The summed E-state index contributed by atoms with van der Waals surface area (Å²) in [6, 6.07) is 7.42. The highest BCUT2D eigenvalue weighted by atomic mass is 127. The first-order valence-electron chi connectivity index (χ1n) is 10.7. The number of aromatic nitrogens is 1. The number of nitrogens with zero attached hydrogens (tertiary/aromatic N) is 3. The fourth-order valence-electron chi connectivity index (χ4n) is 3.17. The van der Waals surface area contributed by atoms with Crippen LogP contribution in [0.4, 0.5) is 0 Å². The Balaban J connectivity index is 0.00000363. The molecule has 0 atom stereocenters. The molecule has 0 saturated carbocycles. The fourth-order valence-corrected chi connectivity index (χ4v) is 4.04. The number of guanidine groups is 1. The molecule has 0 spiro atoms. The lowest BCUT2D eigenvalue weighted by atomic mass is 10.1. The topological polar surface area (TPSA) is 98.7 Å². The van der Waals surface area contributed by atoms with Crippen LogP contribution in [-0.4, -0.2) is 60.4 Å². The first-order chi connectivity index (χ1) is 15.1. The highest BCUT2D eigenvalue weighted by Gasteiger charge is 2.22. The maximum absolute atomic E-state index is 12.6. The highest BCUT2D eigenvalue weighted by molar-refractivity contribution is 14.0. The van der Waals surface area contributed by atoms with Crippen LogP contribution in [0.5, 0.6) is 0 Å². The average Bonchev–Trinajstić information content (AvgIpc) is 3.25. The van der Waals surface area contributed by atoms with Crippen molar-refractivity contribution in [3.05, 3.63) is 51.5 Å². The third-order valence-electron chi connectivity index (χ3n) is 4.87. The van der Waals surface area contributed by atoms with Gasteiger partial charge in [-0.15, -0.1) is 35.3 Å². The number of amides is 2. The highest BCUT2D eigenvalue weighted by Crippen LogP contribution is 2.13. The number of benzene rings is 1. The van der Waals surface area contributed by atoms with Gasteiger partial charge in [0.15, 0.2) is 5.96 Å². The number of piperazine rings is 1. The van der Waals surface area contributed by atoms with Crippen molar-refractivity contribution in [2.45, 2.75) is 33.2 Å². The summed E-state index contributed by atoms with van der Waals surface area (Å²) in [5, 5.41) is 10.5. The number of aliphatic imine (C=N–C) groups is 1. The fraction of sp³-hybridized carbons (Fsp3) is 0.455. The van der Waals surface area contributed by atoms with Crippen molar-refractivity contribution in [2.75, 3.05) is 32.7 Å². The maximum atomic E-state index is 12.6. The van der Waals surface area contributed by atoms with Gasteiger partial charge in [0, 0.05) is 49.2 Å². The van der Waals surface area contributed by atoms with Crippen molar-refractivity contribution in [1.29, 1.82) is 0 Å². The van der Waals surface area contributed by atoms with E-state index in [0.29, 0.717) is 25.2 Å². The van der Waals surface area contributed by atoms with Crippen LogP contribution >= 0.6 is 35.3 Å². The van der Waals surface area contributed by atoms with E-state index in [0.717, 1.165) is 42.5 Å². The van der Waals surface area contributed by atoms with E-state index >= 15 is 0 Å². The maximum Gasteiger partial charge on any atom is 0.254 e. The van der Waals surface area contributed by atoms with Crippen molar-refractivity contribution < 1.29 is 9.59 Å². The summed E-state index contributed by atoms with van der Waals surface area (Å²) in [5.74, 6) is 0.525. The SMILES string of the molecule is CCNC(=NCc1ccc(C(=O)N2CCNC(=O)C2)cc1)NCCc1ncc(CC)s1.I. The summed E-state index contributed by atoms with van der Waals surface area (Å²) in [6.07, 6.45) is 3.83. The summed E-state index contributed by atoms with van der Waals surface area (Å²) >= 11 is 1.76. The molecule has 2 aromatic rings. The lowest BCUT2D eigenvalue weighted by Crippen LogP contribution is -2.49. The van der Waals surface area contributed by atoms with Gasteiger partial charge < -0.3 is 20.9 Å². The van der Waals surface area contributed by atoms with Crippen LogP contribution in [0.15, 0.2) is 35.5 Å². The second-order valence-corrected chi connectivity index (χ2v) is 8.42. The molecule has 0 bridgehead atoms. The van der Waals surface area contributed by atoms with E-state index in [9.17, 15) is 9.59 Å². The van der Waals surface area contributed by atoms with Gasteiger partial charge in [-0.25, -0.2) is 9.98 Å². The Kier molecular flexibility index (Phi) is 10.9. The number of nitrogens with one attached hydrogen (secondary N) is 3. The first-order valence-corrected chi connectivity index (χ1v) is 11.5. The molecule has 3 rings (SSSR count). The molecule has 174 valence electrons. The van der Waals surface area contributed by atoms with Crippen LogP contribution in [0.25, 0.3) is 0 Å². The van der Waals surface area contributed by atoms with Gasteiger partial charge >= 0.3 is 0 Å². The molecule has 1 fully saturated rings. The zero-order valence-corrected chi connectivity index (χ0v) is 21.7. The number of hydrogen-bond acceptors (Lipinski definition) is 5. The predicted octanol–water partition coefficient (Wildman–Crippen LogP) is 2.19. The molecule has 10 heteroatoms. The van der Waals surface area contributed by atoms with Crippen molar-refractivity contribution in [1.82, 2.24) is 25.8 Å². The van der Waals surface area contributed by atoms with Crippen LogP contribution in [-0.2, 0) is 24.2 Å². The van der Waals surface area contributed by atoms with E-state index in [1.165, 1.54) is 4.88 Å². The Morgan fingerprint density at radius 3 is 2.69 bits per heavy atom. The van der Waals surface area contributed by atoms with Gasteiger partial charge in [0.2, 0.25) is 5.91 Å². The monoisotopic (exact) mass is 570 g/mol. The van der Waals surface area contributed by atoms with Crippen molar-refractivity contribution in [3.63, 3.8) is 0 Å². The van der Waals surface area contributed by atoms with E-state index < -0.39 is 0 Å². The van der Waals surface area contributed by atoms with Crippen LogP contribution in [0, 0.1) is 0 Å². The molecular weight excluding hydrogens is 539 g/mol. The molecule has 0 unspecified atom stereocenters. The lowest BCUT2D eigenvalue weighted by Gasteiger charge is -2.26. The van der Waals surface area contributed by atoms with Gasteiger partial charge in [0.05, 0.1) is 18.1 Å². The average molecular weight is 571 g/mol. The van der Waals surface area contributed by atoms with Gasteiger partial charge in [-0.1, -0.05) is 19.1 Å². The molecule has 1 aromatic carbocycles. The third-order valence-corrected chi connectivity index (χ3v) is 6.07. The molecule has 1 aliphatic rings. The van der Waals surface area contributed by atoms with Crippen molar-refractivity contribution >= 4 is 53.1 Å². The van der Waals surface area contributed by atoms with Gasteiger partial charge in [-0.05, 0) is 31.0 Å². The van der Waals surface area contributed by atoms with Crippen molar-refractivity contribution in [2.24, 2.45) is 4.99 Å². The van der Waals surface area contributed by atoms with Crippen LogP contribution in [0.1, 0.15) is 39.7 Å². The third kappa shape index (κ3) is 7.73. The number of aryl methyl sites for hydroxylation is 1. The molecule has 1 aliphatic heterocycles. The number of carbonyl (C=O) groups is 2. The zero-order chi connectivity index (χ0) is 22.1. The van der Waals surface area contributed by atoms with E-state index in [2.05, 4.69) is 32.9 Å². The zero-order valence-electron chi connectivity index (χ0n) is 18.5. The smallest absolute Gasteiger partial charge is 0.254 e. The molecule has 1 saturated heterocycles. The Bertz CT molecular complexity index is 915. The van der Waals surface area contributed by atoms with Crippen LogP contribution in [0.3, 0.4) is 0 Å². The molecule has 8 nitrogen and oxygen atoms in total. The predicted molar refractivity (Wildman–Crippen MR) is 139 cm³/mol. The molecule has 0 radical (unpaired) electrons. The van der Waals surface area contributed by atoms with E-state index in [1.54, 1.807) is 28.4 Å². The van der Waals surface area contributed by atoms with E-state index in [4.69, 9.17) is 0 Å². The van der Waals surface area contributed by atoms with E-state index in [1.807, 2.05) is 25.3 Å². The molecular formula is C22H31IN6O2S. The molecule has 2 heterocycles. The normalized spacial score (nSPS) is 13.9. The Labute approximate surface area is 210 Å².